The van der Waals surface area contributed by atoms with Crippen molar-refractivity contribution in [2.45, 2.75) is 45.1 Å². The number of ether oxygens (including phenoxy) is 1. The van der Waals surface area contributed by atoms with Gasteiger partial charge in [0, 0.05) is 0 Å². The highest BCUT2D eigenvalue weighted by Crippen LogP contribution is 2.36. The van der Waals surface area contributed by atoms with Gasteiger partial charge in [-0.25, -0.2) is 0 Å². The van der Waals surface area contributed by atoms with Crippen LogP contribution in [-0.4, -0.2) is 12.7 Å². The molecule has 0 aromatic carbocycles. The summed E-state index contributed by atoms with van der Waals surface area (Å²) in [6, 6.07) is 0. The van der Waals surface area contributed by atoms with Crippen LogP contribution in [0.3, 0.4) is 0 Å². The first-order valence-electron chi connectivity index (χ1n) is 4.98. The van der Waals surface area contributed by atoms with E-state index >= 15 is 0 Å². The standard InChI is InChI=1S/C10H18O/c1-8-6-9-4-2-3-5-10(9)7-11-8/h8-10H,2-7H2,1H3/t8-,9+,10+/m0/s1. The summed E-state index contributed by atoms with van der Waals surface area (Å²) in [5, 5.41) is 0. The molecule has 0 amide bonds. The Morgan fingerprint density at radius 2 is 1.82 bits per heavy atom. The predicted octanol–water partition coefficient (Wildman–Crippen LogP) is 2.60. The van der Waals surface area contributed by atoms with Gasteiger partial charge < -0.3 is 4.74 Å². The van der Waals surface area contributed by atoms with Crippen molar-refractivity contribution in [3.8, 4) is 0 Å². The van der Waals surface area contributed by atoms with E-state index in [2.05, 4.69) is 6.92 Å². The van der Waals surface area contributed by atoms with Crippen LogP contribution < -0.4 is 0 Å². The number of hydrogen-bond acceptors (Lipinski definition) is 1. The maximum Gasteiger partial charge on any atom is 0.0549 e. The third-order valence-corrected chi connectivity index (χ3v) is 3.30. The minimum Gasteiger partial charge on any atom is -0.378 e. The van der Waals surface area contributed by atoms with Crippen molar-refractivity contribution >= 4 is 0 Å². The Balaban J connectivity index is 1.93. The van der Waals surface area contributed by atoms with E-state index in [-0.39, 0.29) is 0 Å². The van der Waals surface area contributed by atoms with Gasteiger partial charge in [-0.1, -0.05) is 19.3 Å². The van der Waals surface area contributed by atoms with Crippen molar-refractivity contribution in [3.05, 3.63) is 0 Å². The average molecular weight is 154 g/mol. The third-order valence-electron chi connectivity index (χ3n) is 3.30. The third kappa shape index (κ3) is 1.58. The van der Waals surface area contributed by atoms with Gasteiger partial charge >= 0.3 is 0 Å². The van der Waals surface area contributed by atoms with Gasteiger partial charge in [-0.2, -0.15) is 0 Å². The highest BCUT2D eigenvalue weighted by Gasteiger charge is 2.30. The predicted molar refractivity (Wildman–Crippen MR) is 45.5 cm³/mol. The molecule has 1 aliphatic carbocycles. The Kier molecular flexibility index (Phi) is 2.17. The van der Waals surface area contributed by atoms with E-state index in [9.17, 15) is 0 Å². The van der Waals surface area contributed by atoms with E-state index in [1.807, 2.05) is 0 Å². The first-order valence-corrected chi connectivity index (χ1v) is 4.98. The molecule has 64 valence electrons. The lowest BCUT2D eigenvalue weighted by Gasteiger charge is -2.38. The summed E-state index contributed by atoms with van der Waals surface area (Å²) < 4.78 is 5.65. The molecule has 0 bridgehead atoms. The van der Waals surface area contributed by atoms with Crippen molar-refractivity contribution in [2.24, 2.45) is 11.8 Å². The minimum absolute atomic E-state index is 0.536. The molecular formula is C10H18O. The van der Waals surface area contributed by atoms with Gasteiger partial charge in [0.1, 0.15) is 0 Å². The zero-order valence-corrected chi connectivity index (χ0v) is 7.38. The number of fused-ring (bicyclic) bond motifs is 1. The molecular weight excluding hydrogens is 136 g/mol. The van der Waals surface area contributed by atoms with E-state index in [0.717, 1.165) is 18.4 Å². The number of hydrogen-bond donors (Lipinski definition) is 0. The molecule has 2 aliphatic rings. The van der Waals surface area contributed by atoms with Crippen molar-refractivity contribution in [1.82, 2.24) is 0 Å². The van der Waals surface area contributed by atoms with Crippen molar-refractivity contribution in [1.29, 1.82) is 0 Å². The van der Waals surface area contributed by atoms with Gasteiger partial charge in [0.05, 0.1) is 12.7 Å². The van der Waals surface area contributed by atoms with Gasteiger partial charge in [0.25, 0.3) is 0 Å². The van der Waals surface area contributed by atoms with E-state index in [1.54, 1.807) is 0 Å². The summed E-state index contributed by atoms with van der Waals surface area (Å²) in [4.78, 5) is 0. The highest BCUT2D eigenvalue weighted by molar-refractivity contribution is 4.80. The topological polar surface area (TPSA) is 9.23 Å². The largest absolute Gasteiger partial charge is 0.378 e. The Labute approximate surface area is 69.1 Å². The van der Waals surface area contributed by atoms with Crippen LogP contribution in [0.1, 0.15) is 39.0 Å². The second-order valence-corrected chi connectivity index (χ2v) is 4.18. The minimum atomic E-state index is 0.536. The van der Waals surface area contributed by atoms with E-state index in [1.165, 1.54) is 32.1 Å². The second-order valence-electron chi connectivity index (χ2n) is 4.18. The fourth-order valence-corrected chi connectivity index (χ4v) is 2.60. The molecule has 0 spiro atoms. The SMILES string of the molecule is C[C@H]1C[C@H]2CCCC[C@@H]2CO1. The lowest BCUT2D eigenvalue weighted by molar-refractivity contribution is -0.0504. The molecule has 0 aromatic heterocycles. The van der Waals surface area contributed by atoms with Crippen molar-refractivity contribution in [3.63, 3.8) is 0 Å². The Morgan fingerprint density at radius 3 is 2.64 bits per heavy atom. The molecule has 1 heteroatoms. The average Bonchev–Trinajstić information content (AvgIpc) is 2.04. The first kappa shape index (κ1) is 7.60. The van der Waals surface area contributed by atoms with Gasteiger partial charge in [-0.3, -0.25) is 0 Å². The summed E-state index contributed by atoms with van der Waals surface area (Å²) >= 11 is 0. The Morgan fingerprint density at radius 1 is 1.09 bits per heavy atom. The van der Waals surface area contributed by atoms with Crippen LogP contribution in [0, 0.1) is 11.8 Å². The lowest BCUT2D eigenvalue weighted by Crippen LogP contribution is -2.34. The molecule has 1 saturated heterocycles. The fraction of sp³-hybridized carbons (Fsp3) is 1.00. The zero-order chi connectivity index (χ0) is 7.68. The van der Waals surface area contributed by atoms with E-state index < -0.39 is 0 Å². The van der Waals surface area contributed by atoms with Gasteiger partial charge in [0.2, 0.25) is 0 Å². The molecule has 0 aromatic rings. The van der Waals surface area contributed by atoms with Crippen molar-refractivity contribution in [2.75, 3.05) is 6.61 Å². The molecule has 1 aliphatic heterocycles. The lowest BCUT2D eigenvalue weighted by atomic mass is 9.75. The zero-order valence-electron chi connectivity index (χ0n) is 7.38. The van der Waals surface area contributed by atoms with Gasteiger partial charge in [-0.05, 0) is 31.6 Å². The van der Waals surface area contributed by atoms with Crippen LogP contribution in [0.4, 0.5) is 0 Å². The van der Waals surface area contributed by atoms with Crippen LogP contribution in [0.5, 0.6) is 0 Å². The van der Waals surface area contributed by atoms with Gasteiger partial charge in [0.15, 0.2) is 0 Å². The summed E-state index contributed by atoms with van der Waals surface area (Å²) in [5.41, 5.74) is 0. The fourth-order valence-electron chi connectivity index (χ4n) is 2.60. The normalized spacial score (nSPS) is 45.0. The molecule has 11 heavy (non-hydrogen) atoms. The summed E-state index contributed by atoms with van der Waals surface area (Å²) in [6.45, 7) is 3.26. The maximum atomic E-state index is 5.65. The molecule has 3 atom stereocenters. The molecule has 0 N–H and O–H groups in total. The Hall–Kier alpha value is -0.0400. The molecule has 1 heterocycles. The number of rotatable bonds is 0. The molecule has 2 rings (SSSR count). The molecule has 1 saturated carbocycles. The summed E-state index contributed by atoms with van der Waals surface area (Å²) in [7, 11) is 0. The highest BCUT2D eigenvalue weighted by atomic mass is 16.5. The van der Waals surface area contributed by atoms with Gasteiger partial charge in [-0.15, -0.1) is 0 Å². The second kappa shape index (κ2) is 3.14. The van der Waals surface area contributed by atoms with Crippen LogP contribution in [0.15, 0.2) is 0 Å². The molecule has 0 unspecified atom stereocenters. The van der Waals surface area contributed by atoms with Crippen LogP contribution in [-0.2, 0) is 4.74 Å². The first-order chi connectivity index (χ1) is 5.36. The smallest absolute Gasteiger partial charge is 0.0549 e. The van der Waals surface area contributed by atoms with Crippen LogP contribution in [0.25, 0.3) is 0 Å². The molecule has 2 fully saturated rings. The maximum absolute atomic E-state index is 5.65. The van der Waals surface area contributed by atoms with Crippen molar-refractivity contribution < 1.29 is 4.74 Å². The Bertz CT molecular complexity index is 133. The monoisotopic (exact) mass is 154 g/mol. The summed E-state index contributed by atoms with van der Waals surface area (Å²) in [6.07, 6.45) is 7.67. The van der Waals surface area contributed by atoms with E-state index in [0.29, 0.717) is 6.10 Å². The summed E-state index contributed by atoms with van der Waals surface area (Å²) in [5.74, 6) is 1.92. The van der Waals surface area contributed by atoms with Crippen LogP contribution >= 0.6 is 0 Å². The van der Waals surface area contributed by atoms with Crippen LogP contribution in [0.2, 0.25) is 0 Å². The van der Waals surface area contributed by atoms with E-state index in [4.69, 9.17) is 4.74 Å². The quantitative estimate of drug-likeness (QED) is 0.521. The molecule has 0 radical (unpaired) electrons. The molecule has 1 nitrogen and oxygen atoms in total.